The van der Waals surface area contributed by atoms with Crippen molar-refractivity contribution in [3.05, 3.63) is 72.7 Å². The molecule has 2 aromatic rings. The Morgan fingerprint density at radius 2 is 1.95 bits per heavy atom. The number of halogens is 2. The molecular formula is C15H14Br2N2O2. The number of hydrogen-bond donors (Lipinski definition) is 1. The maximum atomic E-state index is 10.9. The van der Waals surface area contributed by atoms with Gasteiger partial charge in [0, 0.05) is 23.1 Å². The predicted octanol–water partition coefficient (Wildman–Crippen LogP) is 4.97. The lowest BCUT2D eigenvalue weighted by Gasteiger charge is -2.15. The first-order chi connectivity index (χ1) is 9.99. The minimum absolute atomic E-state index is 0.0874. The van der Waals surface area contributed by atoms with Crippen LogP contribution in [-0.2, 0) is 6.54 Å². The van der Waals surface area contributed by atoms with Gasteiger partial charge in [0.1, 0.15) is 0 Å². The van der Waals surface area contributed by atoms with E-state index in [4.69, 9.17) is 0 Å². The van der Waals surface area contributed by atoms with E-state index in [2.05, 4.69) is 50.2 Å². The summed E-state index contributed by atoms with van der Waals surface area (Å²) in [5.74, 6) is 0. The van der Waals surface area contributed by atoms with Gasteiger partial charge in [-0.3, -0.25) is 10.1 Å². The first-order valence-electron chi connectivity index (χ1n) is 6.39. The van der Waals surface area contributed by atoms with Gasteiger partial charge in [0.25, 0.3) is 5.69 Å². The van der Waals surface area contributed by atoms with Crippen molar-refractivity contribution in [2.24, 2.45) is 0 Å². The Kier molecular flexibility index (Phi) is 5.50. The average Bonchev–Trinajstić information content (AvgIpc) is 2.45. The molecule has 0 saturated heterocycles. The molecule has 0 aliphatic rings. The highest BCUT2D eigenvalue weighted by Gasteiger charge is 2.15. The predicted molar refractivity (Wildman–Crippen MR) is 90.2 cm³/mol. The molecule has 0 amide bonds. The van der Waals surface area contributed by atoms with Crippen molar-refractivity contribution in [3.8, 4) is 0 Å². The third kappa shape index (κ3) is 4.12. The fourth-order valence-corrected chi connectivity index (χ4v) is 2.97. The molecule has 0 radical (unpaired) electrons. The molecule has 6 heteroatoms. The van der Waals surface area contributed by atoms with Crippen LogP contribution in [0, 0.1) is 10.1 Å². The normalized spacial score (nSPS) is 12.1. The van der Waals surface area contributed by atoms with Crippen LogP contribution in [-0.4, -0.2) is 4.92 Å². The zero-order valence-electron chi connectivity index (χ0n) is 11.3. The number of nitrogens with one attached hydrogen (secondary N) is 1. The lowest BCUT2D eigenvalue weighted by Crippen LogP contribution is -2.18. The molecule has 2 rings (SSSR count). The summed E-state index contributed by atoms with van der Waals surface area (Å²) >= 11 is 6.76. The number of hydrogen-bond acceptors (Lipinski definition) is 3. The van der Waals surface area contributed by atoms with Gasteiger partial charge < -0.3 is 5.32 Å². The van der Waals surface area contributed by atoms with Gasteiger partial charge in [-0.2, -0.15) is 0 Å². The molecule has 21 heavy (non-hydrogen) atoms. The molecule has 0 unspecified atom stereocenters. The van der Waals surface area contributed by atoms with Crippen LogP contribution in [0.25, 0.3) is 0 Å². The SMILES string of the molecule is C[C@@H](NCc1cccc([N+](=O)[O-])c1Br)c1cccc(Br)c1. The Hall–Kier alpha value is -1.24. The zero-order valence-corrected chi connectivity index (χ0v) is 14.5. The third-order valence-electron chi connectivity index (χ3n) is 3.20. The van der Waals surface area contributed by atoms with E-state index in [9.17, 15) is 10.1 Å². The van der Waals surface area contributed by atoms with Gasteiger partial charge in [-0.15, -0.1) is 0 Å². The summed E-state index contributed by atoms with van der Waals surface area (Å²) < 4.78 is 1.56. The molecule has 110 valence electrons. The number of nitro groups is 1. The molecule has 0 heterocycles. The number of benzene rings is 2. The maximum Gasteiger partial charge on any atom is 0.283 e. The topological polar surface area (TPSA) is 55.2 Å². The molecule has 2 aromatic carbocycles. The van der Waals surface area contributed by atoms with Crippen molar-refractivity contribution in [3.63, 3.8) is 0 Å². The first-order valence-corrected chi connectivity index (χ1v) is 7.98. The van der Waals surface area contributed by atoms with Gasteiger partial charge >= 0.3 is 0 Å². The second-order valence-electron chi connectivity index (χ2n) is 4.66. The molecule has 0 spiro atoms. The van der Waals surface area contributed by atoms with E-state index in [1.165, 1.54) is 6.07 Å². The fourth-order valence-electron chi connectivity index (χ4n) is 2.00. The summed E-state index contributed by atoms with van der Waals surface area (Å²) in [7, 11) is 0. The lowest BCUT2D eigenvalue weighted by molar-refractivity contribution is -0.385. The highest BCUT2D eigenvalue weighted by atomic mass is 79.9. The Morgan fingerprint density at radius 1 is 1.24 bits per heavy atom. The molecule has 0 fully saturated rings. The van der Waals surface area contributed by atoms with Crippen LogP contribution in [0.2, 0.25) is 0 Å². The van der Waals surface area contributed by atoms with Gasteiger partial charge in [-0.25, -0.2) is 0 Å². The Morgan fingerprint density at radius 3 is 2.62 bits per heavy atom. The van der Waals surface area contributed by atoms with E-state index in [0.717, 1.165) is 15.6 Å². The van der Waals surface area contributed by atoms with Crippen LogP contribution >= 0.6 is 31.9 Å². The van der Waals surface area contributed by atoms with E-state index in [0.29, 0.717) is 11.0 Å². The first kappa shape index (κ1) is 16.1. The van der Waals surface area contributed by atoms with Crippen LogP contribution in [0.15, 0.2) is 51.4 Å². The second kappa shape index (κ2) is 7.15. The smallest absolute Gasteiger partial charge is 0.283 e. The second-order valence-corrected chi connectivity index (χ2v) is 6.37. The molecule has 0 aliphatic heterocycles. The molecule has 0 aliphatic carbocycles. The largest absolute Gasteiger partial charge is 0.306 e. The molecule has 0 bridgehead atoms. The van der Waals surface area contributed by atoms with Crippen LogP contribution in [0.5, 0.6) is 0 Å². The van der Waals surface area contributed by atoms with E-state index < -0.39 is 0 Å². The number of nitrogens with zero attached hydrogens (tertiary/aromatic N) is 1. The van der Waals surface area contributed by atoms with Crippen molar-refractivity contribution in [1.82, 2.24) is 5.32 Å². The Bertz CT molecular complexity index is 662. The number of rotatable bonds is 5. The highest BCUT2D eigenvalue weighted by molar-refractivity contribution is 9.10. The highest BCUT2D eigenvalue weighted by Crippen LogP contribution is 2.28. The maximum absolute atomic E-state index is 10.9. The van der Waals surface area contributed by atoms with Gasteiger partial charge in [0.2, 0.25) is 0 Å². The molecule has 1 atom stereocenters. The van der Waals surface area contributed by atoms with E-state index in [-0.39, 0.29) is 16.7 Å². The molecular weight excluding hydrogens is 400 g/mol. The fraction of sp³-hybridized carbons (Fsp3) is 0.200. The van der Waals surface area contributed by atoms with Gasteiger partial charge in [0.05, 0.1) is 9.40 Å². The summed E-state index contributed by atoms with van der Waals surface area (Å²) in [5.41, 5.74) is 2.11. The van der Waals surface area contributed by atoms with Crippen LogP contribution in [0.4, 0.5) is 5.69 Å². The average molecular weight is 414 g/mol. The molecule has 4 nitrogen and oxygen atoms in total. The summed E-state index contributed by atoms with van der Waals surface area (Å²) in [4.78, 5) is 10.5. The van der Waals surface area contributed by atoms with Gasteiger partial charge in [-0.05, 0) is 46.1 Å². The minimum Gasteiger partial charge on any atom is -0.306 e. The van der Waals surface area contributed by atoms with Crippen LogP contribution < -0.4 is 5.32 Å². The molecule has 0 aromatic heterocycles. The van der Waals surface area contributed by atoms with E-state index in [1.54, 1.807) is 6.07 Å². The summed E-state index contributed by atoms with van der Waals surface area (Å²) in [6.07, 6.45) is 0. The van der Waals surface area contributed by atoms with Crippen molar-refractivity contribution in [2.45, 2.75) is 19.5 Å². The van der Waals surface area contributed by atoms with Gasteiger partial charge in [-0.1, -0.05) is 40.2 Å². The monoisotopic (exact) mass is 412 g/mol. The standard InChI is InChI=1S/C15H14Br2N2O2/c1-10(11-4-2-6-13(16)8-11)18-9-12-5-3-7-14(15(12)17)19(20)21/h2-8,10,18H,9H2,1H3/t10-/m1/s1. The summed E-state index contributed by atoms with van der Waals surface area (Å²) in [6.45, 7) is 2.61. The van der Waals surface area contributed by atoms with Gasteiger partial charge in [0.15, 0.2) is 0 Å². The van der Waals surface area contributed by atoms with E-state index >= 15 is 0 Å². The zero-order chi connectivity index (χ0) is 15.4. The quantitative estimate of drug-likeness (QED) is 0.556. The minimum atomic E-state index is -0.384. The van der Waals surface area contributed by atoms with Crippen LogP contribution in [0.3, 0.4) is 0 Å². The van der Waals surface area contributed by atoms with Crippen molar-refractivity contribution in [1.29, 1.82) is 0 Å². The summed E-state index contributed by atoms with van der Waals surface area (Å²) in [6, 6.07) is 13.3. The van der Waals surface area contributed by atoms with E-state index in [1.807, 2.05) is 24.3 Å². The van der Waals surface area contributed by atoms with Crippen molar-refractivity contribution >= 4 is 37.5 Å². The van der Waals surface area contributed by atoms with Crippen molar-refractivity contribution in [2.75, 3.05) is 0 Å². The summed E-state index contributed by atoms with van der Waals surface area (Å²) in [5, 5.41) is 14.3. The molecule has 1 N–H and O–H groups in total. The lowest BCUT2D eigenvalue weighted by atomic mass is 10.1. The Labute approximate surface area is 140 Å². The Balaban J connectivity index is 2.10. The van der Waals surface area contributed by atoms with Crippen LogP contribution in [0.1, 0.15) is 24.1 Å². The van der Waals surface area contributed by atoms with Crippen molar-refractivity contribution < 1.29 is 4.92 Å². The number of nitro benzene ring substituents is 1. The molecule has 0 saturated carbocycles. The third-order valence-corrected chi connectivity index (χ3v) is 4.61.